The van der Waals surface area contributed by atoms with E-state index in [9.17, 15) is 9.59 Å². The highest BCUT2D eigenvalue weighted by Gasteiger charge is 2.28. The second-order valence-electron chi connectivity index (χ2n) is 3.02. The van der Waals surface area contributed by atoms with Crippen molar-refractivity contribution in [2.45, 2.75) is 6.92 Å². The smallest absolute Gasteiger partial charge is 0.190 e. The van der Waals surface area contributed by atoms with Crippen LogP contribution in [0, 0.1) is 0 Å². The van der Waals surface area contributed by atoms with Crippen LogP contribution in [0.15, 0.2) is 34.6 Å². The Morgan fingerprint density at radius 2 is 2.23 bits per heavy atom. The fourth-order valence-electron chi connectivity index (χ4n) is 1.47. The highest BCUT2D eigenvalue weighted by Crippen LogP contribution is 2.30. The van der Waals surface area contributed by atoms with Gasteiger partial charge in [0.2, 0.25) is 0 Å². The van der Waals surface area contributed by atoms with Gasteiger partial charge in [-0.15, -0.1) is 0 Å². The number of fused-ring (bicyclic) bond motifs is 1. The first-order valence-corrected chi connectivity index (χ1v) is 3.99. The molecule has 1 aliphatic carbocycles. The monoisotopic (exact) mass is 176 g/mol. The van der Waals surface area contributed by atoms with Crippen LogP contribution in [0.4, 0.5) is 0 Å². The number of allylic oxidation sites excluding steroid dienone is 4. The van der Waals surface area contributed by atoms with Crippen molar-refractivity contribution in [1.82, 2.24) is 0 Å². The van der Waals surface area contributed by atoms with E-state index in [1.807, 2.05) is 6.92 Å². The number of carbonyl (C=O) groups excluding carboxylic acids is 2. The zero-order valence-electron chi connectivity index (χ0n) is 7.16. The Morgan fingerprint density at radius 1 is 1.46 bits per heavy atom. The minimum Gasteiger partial charge on any atom is -0.488 e. The maximum Gasteiger partial charge on any atom is 0.190 e. The number of hydrogen-bond acceptors (Lipinski definition) is 3. The molecule has 66 valence electrons. The predicted molar refractivity (Wildman–Crippen MR) is 45.9 cm³/mol. The van der Waals surface area contributed by atoms with Crippen LogP contribution in [0.2, 0.25) is 0 Å². The van der Waals surface area contributed by atoms with Crippen LogP contribution in [0.25, 0.3) is 0 Å². The minimum absolute atomic E-state index is 0.139. The molecule has 0 N–H and O–H groups in total. The molecule has 3 heteroatoms. The average molecular weight is 176 g/mol. The Balaban J connectivity index is 2.61. The molecule has 0 unspecified atom stereocenters. The molecule has 0 aromatic rings. The van der Waals surface area contributed by atoms with Crippen LogP contribution in [0.1, 0.15) is 6.92 Å². The number of aldehydes is 1. The van der Waals surface area contributed by atoms with E-state index in [-0.39, 0.29) is 12.4 Å². The van der Waals surface area contributed by atoms with Gasteiger partial charge in [0.25, 0.3) is 0 Å². The highest BCUT2D eigenvalue weighted by atomic mass is 16.5. The van der Waals surface area contributed by atoms with E-state index in [0.717, 1.165) is 5.57 Å². The summed E-state index contributed by atoms with van der Waals surface area (Å²) in [5, 5.41) is 0. The number of ketones is 1. The maximum atomic E-state index is 11.4. The summed E-state index contributed by atoms with van der Waals surface area (Å²) in [7, 11) is 0. The first kappa shape index (κ1) is 7.98. The molecule has 0 spiro atoms. The van der Waals surface area contributed by atoms with Crippen LogP contribution in [0.3, 0.4) is 0 Å². The number of rotatable bonds is 1. The third kappa shape index (κ3) is 1.04. The van der Waals surface area contributed by atoms with Crippen molar-refractivity contribution in [1.29, 1.82) is 0 Å². The fraction of sp³-hybridized carbons (Fsp3) is 0.200. The van der Waals surface area contributed by atoms with Crippen molar-refractivity contribution in [3.63, 3.8) is 0 Å². The van der Waals surface area contributed by atoms with Crippen molar-refractivity contribution >= 4 is 12.1 Å². The zero-order valence-corrected chi connectivity index (χ0v) is 7.16. The molecule has 2 rings (SSSR count). The predicted octanol–water partition coefficient (Wildman–Crippen LogP) is 0.925. The summed E-state index contributed by atoms with van der Waals surface area (Å²) in [6.07, 6.45) is 3.86. The second-order valence-corrected chi connectivity index (χ2v) is 3.02. The maximum absolute atomic E-state index is 11.4. The fourth-order valence-corrected chi connectivity index (χ4v) is 1.47. The lowest BCUT2D eigenvalue weighted by atomic mass is 9.97. The molecule has 0 aromatic heterocycles. The lowest BCUT2D eigenvalue weighted by molar-refractivity contribution is -0.111. The Labute approximate surface area is 75.4 Å². The normalized spacial score (nSPS) is 20.5. The van der Waals surface area contributed by atoms with Gasteiger partial charge in [-0.1, -0.05) is 6.08 Å². The van der Waals surface area contributed by atoms with E-state index in [4.69, 9.17) is 4.74 Å². The summed E-state index contributed by atoms with van der Waals surface area (Å²) in [4.78, 5) is 22.0. The van der Waals surface area contributed by atoms with Gasteiger partial charge in [-0.05, 0) is 18.6 Å². The second kappa shape index (κ2) is 2.69. The van der Waals surface area contributed by atoms with Gasteiger partial charge in [-0.3, -0.25) is 9.59 Å². The molecule has 0 saturated carbocycles. The minimum atomic E-state index is -0.139. The van der Waals surface area contributed by atoms with Crippen LogP contribution >= 0.6 is 0 Å². The lowest BCUT2D eigenvalue weighted by Crippen LogP contribution is -2.06. The van der Waals surface area contributed by atoms with E-state index < -0.39 is 0 Å². The van der Waals surface area contributed by atoms with Gasteiger partial charge in [-0.25, -0.2) is 0 Å². The molecular formula is C10H8O3. The average Bonchev–Trinajstić information content (AvgIpc) is 2.56. The van der Waals surface area contributed by atoms with Gasteiger partial charge in [0.1, 0.15) is 18.7 Å². The van der Waals surface area contributed by atoms with Crippen LogP contribution in [-0.4, -0.2) is 18.7 Å². The van der Waals surface area contributed by atoms with Crippen LogP contribution in [0.5, 0.6) is 0 Å². The van der Waals surface area contributed by atoms with Gasteiger partial charge in [-0.2, -0.15) is 0 Å². The Kier molecular flexibility index (Phi) is 1.65. The summed E-state index contributed by atoms with van der Waals surface area (Å²) in [6, 6.07) is 0. The molecule has 0 aromatic carbocycles. The van der Waals surface area contributed by atoms with E-state index in [0.29, 0.717) is 23.2 Å². The van der Waals surface area contributed by atoms with E-state index in [1.165, 1.54) is 6.08 Å². The number of carbonyl (C=O) groups is 2. The summed E-state index contributed by atoms with van der Waals surface area (Å²) >= 11 is 0. The summed E-state index contributed by atoms with van der Waals surface area (Å²) in [5.41, 5.74) is 1.78. The number of hydrogen-bond donors (Lipinski definition) is 0. The molecule has 0 radical (unpaired) electrons. The standard InChI is InChI=1S/C10H8O3/c1-6-2-3-8(12)9-7(4-11)5-13-10(6)9/h2-4H,5H2,1H3. The molecule has 0 amide bonds. The third-order valence-corrected chi connectivity index (χ3v) is 2.15. The van der Waals surface area contributed by atoms with Crippen molar-refractivity contribution in [3.8, 4) is 0 Å². The molecule has 1 aliphatic heterocycles. The van der Waals surface area contributed by atoms with Gasteiger partial charge >= 0.3 is 0 Å². The van der Waals surface area contributed by atoms with E-state index >= 15 is 0 Å². The zero-order chi connectivity index (χ0) is 9.42. The van der Waals surface area contributed by atoms with Gasteiger partial charge < -0.3 is 4.74 Å². The molecule has 0 fully saturated rings. The molecule has 1 heterocycles. The van der Waals surface area contributed by atoms with Gasteiger partial charge in [0, 0.05) is 5.57 Å². The summed E-state index contributed by atoms with van der Waals surface area (Å²) in [5.74, 6) is 0.426. The molecule has 2 aliphatic rings. The van der Waals surface area contributed by atoms with Crippen molar-refractivity contribution in [2.24, 2.45) is 0 Å². The summed E-state index contributed by atoms with van der Waals surface area (Å²) in [6.45, 7) is 2.07. The largest absolute Gasteiger partial charge is 0.488 e. The first-order valence-electron chi connectivity index (χ1n) is 3.99. The van der Waals surface area contributed by atoms with Gasteiger partial charge in [0.05, 0.1) is 5.57 Å². The molecule has 13 heavy (non-hydrogen) atoms. The van der Waals surface area contributed by atoms with E-state index in [1.54, 1.807) is 6.08 Å². The third-order valence-electron chi connectivity index (χ3n) is 2.15. The Bertz CT molecular complexity index is 383. The lowest BCUT2D eigenvalue weighted by Gasteiger charge is -2.08. The SMILES string of the molecule is CC1=C2OCC(C=O)=C2C(=O)C=C1. The topological polar surface area (TPSA) is 43.4 Å². The Morgan fingerprint density at radius 3 is 2.92 bits per heavy atom. The molecule has 3 nitrogen and oxygen atoms in total. The first-order chi connectivity index (χ1) is 6.24. The summed E-state index contributed by atoms with van der Waals surface area (Å²) < 4.78 is 5.25. The molecular weight excluding hydrogens is 168 g/mol. The quantitative estimate of drug-likeness (QED) is 0.558. The van der Waals surface area contributed by atoms with Crippen LogP contribution in [-0.2, 0) is 14.3 Å². The van der Waals surface area contributed by atoms with Crippen molar-refractivity contribution < 1.29 is 14.3 Å². The van der Waals surface area contributed by atoms with Crippen molar-refractivity contribution in [3.05, 3.63) is 34.6 Å². The van der Waals surface area contributed by atoms with Crippen molar-refractivity contribution in [2.75, 3.05) is 6.61 Å². The molecule has 0 saturated heterocycles. The Hall–Kier alpha value is -1.64. The number of ether oxygens (including phenoxy) is 1. The van der Waals surface area contributed by atoms with Crippen LogP contribution < -0.4 is 0 Å². The molecule has 0 bridgehead atoms. The molecule has 0 atom stereocenters. The van der Waals surface area contributed by atoms with E-state index in [2.05, 4.69) is 0 Å². The highest BCUT2D eigenvalue weighted by molar-refractivity contribution is 6.12. The van der Waals surface area contributed by atoms with Gasteiger partial charge in [0.15, 0.2) is 5.78 Å².